The van der Waals surface area contributed by atoms with E-state index in [0.717, 1.165) is 10.5 Å². The standard InChI is InChI=1S/C12H13N3O3S/c1-8-14-15-12(18-8)13-11(17)7-19-10-4-2-9(6-16)3-5-10/h2-5,16H,6-7H2,1H3,(H,13,15,17). The first kappa shape index (κ1) is 13.6. The minimum atomic E-state index is -0.208. The average molecular weight is 279 g/mol. The third-order valence-electron chi connectivity index (χ3n) is 2.25. The molecule has 0 saturated heterocycles. The second-order valence-electron chi connectivity index (χ2n) is 3.77. The summed E-state index contributed by atoms with van der Waals surface area (Å²) in [5.74, 6) is 0.447. The van der Waals surface area contributed by atoms with E-state index in [1.54, 1.807) is 6.92 Å². The first-order valence-electron chi connectivity index (χ1n) is 5.60. The molecular formula is C12H13N3O3S. The van der Waals surface area contributed by atoms with Gasteiger partial charge in [0, 0.05) is 11.8 Å². The van der Waals surface area contributed by atoms with Crippen LogP contribution in [0.25, 0.3) is 0 Å². The number of carbonyl (C=O) groups is 1. The van der Waals surface area contributed by atoms with E-state index >= 15 is 0 Å². The summed E-state index contributed by atoms with van der Waals surface area (Å²) >= 11 is 1.39. The summed E-state index contributed by atoms with van der Waals surface area (Å²) < 4.78 is 5.05. The van der Waals surface area contributed by atoms with Crippen molar-refractivity contribution in [2.45, 2.75) is 18.4 Å². The van der Waals surface area contributed by atoms with Crippen molar-refractivity contribution in [2.24, 2.45) is 0 Å². The van der Waals surface area contributed by atoms with Gasteiger partial charge in [0.05, 0.1) is 12.4 Å². The number of amides is 1. The zero-order valence-corrected chi connectivity index (χ0v) is 11.1. The molecule has 0 aliphatic rings. The molecule has 0 radical (unpaired) electrons. The van der Waals surface area contributed by atoms with Gasteiger partial charge < -0.3 is 9.52 Å². The summed E-state index contributed by atoms with van der Waals surface area (Å²) in [6.45, 7) is 1.67. The molecule has 19 heavy (non-hydrogen) atoms. The Hall–Kier alpha value is -1.86. The lowest BCUT2D eigenvalue weighted by Crippen LogP contribution is -2.14. The maximum atomic E-state index is 11.6. The summed E-state index contributed by atoms with van der Waals surface area (Å²) in [4.78, 5) is 12.6. The first-order chi connectivity index (χ1) is 9.17. The Morgan fingerprint density at radius 2 is 2.11 bits per heavy atom. The normalized spacial score (nSPS) is 10.4. The van der Waals surface area contributed by atoms with Gasteiger partial charge in [-0.1, -0.05) is 17.2 Å². The number of anilines is 1. The van der Waals surface area contributed by atoms with E-state index in [-0.39, 0.29) is 24.3 Å². The molecule has 0 aliphatic carbocycles. The van der Waals surface area contributed by atoms with Crippen LogP contribution in [0.15, 0.2) is 33.6 Å². The molecule has 2 aromatic rings. The Labute approximate surface area is 114 Å². The Bertz CT molecular complexity index is 554. The topological polar surface area (TPSA) is 88.2 Å². The quantitative estimate of drug-likeness (QED) is 0.808. The van der Waals surface area contributed by atoms with Crippen LogP contribution in [0.2, 0.25) is 0 Å². The van der Waals surface area contributed by atoms with Gasteiger partial charge in [-0.25, -0.2) is 0 Å². The van der Waals surface area contributed by atoms with Gasteiger partial charge in [-0.2, -0.15) is 0 Å². The number of aliphatic hydroxyl groups excluding tert-OH is 1. The number of carbonyl (C=O) groups excluding carboxylic acids is 1. The Morgan fingerprint density at radius 3 is 2.68 bits per heavy atom. The summed E-state index contributed by atoms with van der Waals surface area (Å²) in [7, 11) is 0. The summed E-state index contributed by atoms with van der Waals surface area (Å²) in [5.41, 5.74) is 0.843. The predicted molar refractivity (Wildman–Crippen MR) is 70.8 cm³/mol. The van der Waals surface area contributed by atoms with E-state index in [1.165, 1.54) is 11.8 Å². The van der Waals surface area contributed by atoms with Crippen molar-refractivity contribution in [3.8, 4) is 0 Å². The van der Waals surface area contributed by atoms with E-state index in [2.05, 4.69) is 15.5 Å². The van der Waals surface area contributed by atoms with Crippen LogP contribution in [-0.4, -0.2) is 27.0 Å². The third kappa shape index (κ3) is 4.08. The van der Waals surface area contributed by atoms with Crippen molar-refractivity contribution in [3.63, 3.8) is 0 Å². The molecule has 1 amide bonds. The van der Waals surface area contributed by atoms with Crippen molar-refractivity contribution in [2.75, 3.05) is 11.1 Å². The number of benzene rings is 1. The molecule has 0 unspecified atom stereocenters. The minimum Gasteiger partial charge on any atom is -0.408 e. The molecule has 0 bridgehead atoms. The number of rotatable bonds is 5. The number of aryl methyl sites for hydroxylation is 1. The van der Waals surface area contributed by atoms with Crippen LogP contribution in [0, 0.1) is 6.92 Å². The molecule has 1 aromatic carbocycles. The number of aliphatic hydroxyl groups is 1. The molecule has 1 aromatic heterocycles. The van der Waals surface area contributed by atoms with Crippen LogP contribution in [-0.2, 0) is 11.4 Å². The van der Waals surface area contributed by atoms with Gasteiger partial charge in [0.25, 0.3) is 0 Å². The molecule has 0 saturated carbocycles. The Balaban J connectivity index is 1.82. The van der Waals surface area contributed by atoms with Crippen LogP contribution in [0.1, 0.15) is 11.5 Å². The van der Waals surface area contributed by atoms with Gasteiger partial charge in [0.2, 0.25) is 11.8 Å². The maximum Gasteiger partial charge on any atom is 0.322 e. The molecule has 0 aliphatic heterocycles. The fourth-order valence-corrected chi connectivity index (χ4v) is 2.04. The molecule has 100 valence electrons. The lowest BCUT2D eigenvalue weighted by Gasteiger charge is -2.02. The number of hydrogen-bond acceptors (Lipinski definition) is 6. The zero-order chi connectivity index (χ0) is 13.7. The van der Waals surface area contributed by atoms with Gasteiger partial charge in [-0.05, 0) is 17.7 Å². The van der Waals surface area contributed by atoms with Crippen LogP contribution in [0.5, 0.6) is 0 Å². The molecule has 7 heteroatoms. The van der Waals surface area contributed by atoms with Crippen LogP contribution in [0.4, 0.5) is 6.01 Å². The van der Waals surface area contributed by atoms with Crippen molar-refractivity contribution in [1.29, 1.82) is 0 Å². The van der Waals surface area contributed by atoms with Crippen LogP contribution >= 0.6 is 11.8 Å². The highest BCUT2D eigenvalue weighted by atomic mass is 32.2. The first-order valence-corrected chi connectivity index (χ1v) is 6.58. The fourth-order valence-electron chi connectivity index (χ4n) is 1.34. The van der Waals surface area contributed by atoms with E-state index in [1.807, 2.05) is 24.3 Å². The molecule has 6 nitrogen and oxygen atoms in total. The van der Waals surface area contributed by atoms with Crippen LogP contribution in [0.3, 0.4) is 0 Å². The fraction of sp³-hybridized carbons (Fsp3) is 0.250. The lowest BCUT2D eigenvalue weighted by molar-refractivity contribution is -0.113. The van der Waals surface area contributed by atoms with Crippen molar-refractivity contribution in [3.05, 3.63) is 35.7 Å². The molecule has 0 atom stereocenters. The number of nitrogens with one attached hydrogen (secondary N) is 1. The second-order valence-corrected chi connectivity index (χ2v) is 4.81. The minimum absolute atomic E-state index is 0.0158. The molecule has 0 spiro atoms. The van der Waals surface area contributed by atoms with Gasteiger partial charge in [0.1, 0.15) is 0 Å². The molecule has 0 fully saturated rings. The number of aromatic nitrogens is 2. The van der Waals surface area contributed by atoms with E-state index < -0.39 is 0 Å². The number of nitrogens with zero attached hydrogens (tertiary/aromatic N) is 2. The zero-order valence-electron chi connectivity index (χ0n) is 10.3. The Kier molecular flexibility index (Phi) is 4.53. The highest BCUT2D eigenvalue weighted by Gasteiger charge is 2.08. The largest absolute Gasteiger partial charge is 0.408 e. The van der Waals surface area contributed by atoms with E-state index in [9.17, 15) is 4.79 Å². The van der Waals surface area contributed by atoms with Crippen molar-refractivity contribution >= 4 is 23.7 Å². The number of hydrogen-bond donors (Lipinski definition) is 2. The highest BCUT2D eigenvalue weighted by molar-refractivity contribution is 8.00. The predicted octanol–water partition coefficient (Wildman–Crippen LogP) is 1.60. The Morgan fingerprint density at radius 1 is 1.37 bits per heavy atom. The third-order valence-corrected chi connectivity index (χ3v) is 3.26. The smallest absolute Gasteiger partial charge is 0.322 e. The molecule has 2 N–H and O–H groups in total. The van der Waals surface area contributed by atoms with Gasteiger partial charge in [0.15, 0.2) is 0 Å². The van der Waals surface area contributed by atoms with E-state index in [0.29, 0.717) is 5.89 Å². The van der Waals surface area contributed by atoms with Gasteiger partial charge in [-0.3, -0.25) is 10.1 Å². The summed E-state index contributed by atoms with van der Waals surface area (Å²) in [6, 6.07) is 7.47. The molecular weight excluding hydrogens is 266 g/mol. The average Bonchev–Trinajstić information content (AvgIpc) is 2.82. The summed E-state index contributed by atoms with van der Waals surface area (Å²) in [6.07, 6.45) is 0. The summed E-state index contributed by atoms with van der Waals surface area (Å²) in [5, 5.41) is 18.7. The highest BCUT2D eigenvalue weighted by Crippen LogP contribution is 2.18. The molecule has 2 rings (SSSR count). The number of thioether (sulfide) groups is 1. The monoisotopic (exact) mass is 279 g/mol. The van der Waals surface area contributed by atoms with Crippen molar-refractivity contribution in [1.82, 2.24) is 10.2 Å². The lowest BCUT2D eigenvalue weighted by atomic mass is 10.2. The van der Waals surface area contributed by atoms with Crippen LogP contribution < -0.4 is 5.32 Å². The maximum absolute atomic E-state index is 11.6. The molecule has 1 heterocycles. The van der Waals surface area contributed by atoms with Gasteiger partial charge >= 0.3 is 6.01 Å². The SMILES string of the molecule is Cc1nnc(NC(=O)CSc2ccc(CO)cc2)o1. The van der Waals surface area contributed by atoms with E-state index in [4.69, 9.17) is 9.52 Å². The second kappa shape index (κ2) is 6.35. The van der Waals surface area contributed by atoms with Gasteiger partial charge in [-0.15, -0.1) is 16.9 Å². The van der Waals surface area contributed by atoms with Crippen molar-refractivity contribution < 1.29 is 14.3 Å².